The number of halogens is 1. The first-order chi connectivity index (χ1) is 9.00. The molecule has 1 aromatic heterocycles. The van der Waals surface area contributed by atoms with Gasteiger partial charge < -0.3 is 15.0 Å². The number of para-hydroxylation sites is 1. The number of amides is 1. The van der Waals surface area contributed by atoms with Gasteiger partial charge in [-0.1, -0.05) is 18.2 Å². The van der Waals surface area contributed by atoms with Gasteiger partial charge in [0.2, 0.25) is 0 Å². The van der Waals surface area contributed by atoms with Gasteiger partial charge in [-0.25, -0.2) is 0 Å². The lowest BCUT2D eigenvalue weighted by molar-refractivity contribution is 0.0763. The molecular weight excluding hydrogens is 308 g/mol. The van der Waals surface area contributed by atoms with Crippen LogP contribution in [0.1, 0.15) is 23.8 Å². The molecule has 0 spiro atoms. The second kappa shape index (κ2) is 5.75. The van der Waals surface area contributed by atoms with E-state index in [0.29, 0.717) is 18.7 Å². The minimum atomic E-state index is -0.401. The number of aliphatic hydroxyl groups excluding tert-OH is 1. The molecule has 5 heteroatoms. The summed E-state index contributed by atoms with van der Waals surface area (Å²) < 4.78 is 0.789. The van der Waals surface area contributed by atoms with E-state index in [-0.39, 0.29) is 5.91 Å². The number of rotatable bonds is 4. The monoisotopic (exact) mass is 324 g/mol. The number of nitrogens with one attached hydrogen (secondary N) is 1. The predicted octanol–water partition coefficient (Wildman–Crippen LogP) is 2.77. The fourth-order valence-electron chi connectivity index (χ4n) is 1.93. The molecule has 1 heterocycles. The van der Waals surface area contributed by atoms with Gasteiger partial charge in [0.1, 0.15) is 5.69 Å². The molecule has 102 valence electrons. The highest BCUT2D eigenvalue weighted by molar-refractivity contribution is 9.10. The number of aromatic nitrogens is 1. The smallest absolute Gasteiger partial charge is 0.271 e. The lowest BCUT2D eigenvalue weighted by Crippen LogP contribution is -2.29. The molecule has 0 saturated heterocycles. The molecule has 0 aliphatic carbocycles. The summed E-state index contributed by atoms with van der Waals surface area (Å²) in [6, 6.07) is 7.76. The van der Waals surface area contributed by atoms with Crippen molar-refractivity contribution in [3.8, 4) is 0 Å². The Labute approximate surface area is 120 Å². The first-order valence-electron chi connectivity index (χ1n) is 6.20. The second-order valence-electron chi connectivity index (χ2n) is 4.72. The Kier molecular flexibility index (Phi) is 4.27. The van der Waals surface area contributed by atoms with Crippen LogP contribution >= 0.6 is 15.9 Å². The molecule has 0 saturated carbocycles. The Bertz CT molecular complexity index is 592. The molecule has 2 aromatic rings. The number of benzene rings is 1. The van der Waals surface area contributed by atoms with Crippen LogP contribution in [-0.2, 0) is 0 Å². The number of aromatic amines is 1. The van der Waals surface area contributed by atoms with Gasteiger partial charge in [-0.05, 0) is 35.3 Å². The van der Waals surface area contributed by atoms with Crippen LogP contribution in [0.15, 0.2) is 28.7 Å². The zero-order valence-corrected chi connectivity index (χ0v) is 12.6. The number of hydrogen-bond acceptors (Lipinski definition) is 2. The fraction of sp³-hybridized carbons (Fsp3) is 0.357. The summed E-state index contributed by atoms with van der Waals surface area (Å²) in [5, 5.41) is 10.3. The molecule has 19 heavy (non-hydrogen) atoms. The van der Waals surface area contributed by atoms with Gasteiger partial charge in [-0.15, -0.1) is 0 Å². The van der Waals surface area contributed by atoms with Crippen molar-refractivity contribution in [3.05, 3.63) is 34.4 Å². The third-order valence-electron chi connectivity index (χ3n) is 3.09. The first-order valence-corrected chi connectivity index (χ1v) is 6.99. The molecule has 4 nitrogen and oxygen atoms in total. The van der Waals surface area contributed by atoms with Crippen molar-refractivity contribution in [1.82, 2.24) is 9.88 Å². The number of nitrogens with zero attached hydrogens (tertiary/aromatic N) is 1. The summed E-state index contributed by atoms with van der Waals surface area (Å²) in [7, 11) is 1.74. The van der Waals surface area contributed by atoms with Crippen LogP contribution in [0.5, 0.6) is 0 Å². The normalized spacial score (nSPS) is 12.6. The first kappa shape index (κ1) is 14.1. The Morgan fingerprint density at radius 2 is 2.16 bits per heavy atom. The second-order valence-corrected chi connectivity index (χ2v) is 5.52. The average Bonchev–Trinajstić information content (AvgIpc) is 2.73. The van der Waals surface area contributed by atoms with Gasteiger partial charge in [0.05, 0.1) is 10.6 Å². The van der Waals surface area contributed by atoms with E-state index in [1.807, 2.05) is 24.3 Å². The van der Waals surface area contributed by atoms with Crippen LogP contribution in [0.3, 0.4) is 0 Å². The van der Waals surface area contributed by atoms with Crippen molar-refractivity contribution < 1.29 is 9.90 Å². The van der Waals surface area contributed by atoms with E-state index in [4.69, 9.17) is 0 Å². The summed E-state index contributed by atoms with van der Waals surface area (Å²) in [4.78, 5) is 17.1. The van der Waals surface area contributed by atoms with Gasteiger partial charge in [-0.3, -0.25) is 4.79 Å². The summed E-state index contributed by atoms with van der Waals surface area (Å²) in [5.74, 6) is -0.0799. The van der Waals surface area contributed by atoms with E-state index in [1.165, 1.54) is 0 Å². The quantitative estimate of drug-likeness (QED) is 0.908. The number of carbonyl (C=O) groups is 1. The summed E-state index contributed by atoms with van der Waals surface area (Å²) in [6.07, 6.45) is 0.168. The van der Waals surface area contributed by atoms with Gasteiger partial charge in [0.15, 0.2) is 0 Å². The summed E-state index contributed by atoms with van der Waals surface area (Å²) >= 11 is 3.47. The number of carbonyl (C=O) groups excluding carboxylic acids is 1. The standard InChI is InChI=1S/C14H17BrN2O2/c1-9(18)7-8-17(2)14(19)13-12(15)10-5-3-4-6-11(10)16-13/h3-6,9,16,18H,7-8H2,1-2H3. The maximum Gasteiger partial charge on any atom is 0.271 e. The van der Waals surface area contributed by atoms with Crippen molar-refractivity contribution in [2.45, 2.75) is 19.4 Å². The SMILES string of the molecule is CC(O)CCN(C)C(=O)c1[nH]c2ccccc2c1Br. The largest absolute Gasteiger partial charge is 0.393 e. The van der Waals surface area contributed by atoms with Crippen molar-refractivity contribution in [2.75, 3.05) is 13.6 Å². The molecule has 0 fully saturated rings. The summed E-state index contributed by atoms with van der Waals surface area (Å²) in [5.41, 5.74) is 1.48. The van der Waals surface area contributed by atoms with Crippen molar-refractivity contribution in [2.24, 2.45) is 0 Å². The minimum Gasteiger partial charge on any atom is -0.393 e. The van der Waals surface area contributed by atoms with Crippen molar-refractivity contribution in [1.29, 1.82) is 0 Å². The highest BCUT2D eigenvalue weighted by atomic mass is 79.9. The number of H-pyrrole nitrogens is 1. The van der Waals surface area contributed by atoms with Crippen molar-refractivity contribution in [3.63, 3.8) is 0 Å². The highest BCUT2D eigenvalue weighted by Crippen LogP contribution is 2.28. The van der Waals surface area contributed by atoms with E-state index < -0.39 is 6.10 Å². The van der Waals surface area contributed by atoms with Crippen LogP contribution in [0.4, 0.5) is 0 Å². The van der Waals surface area contributed by atoms with Crippen LogP contribution in [0.25, 0.3) is 10.9 Å². The summed E-state index contributed by atoms with van der Waals surface area (Å²) in [6.45, 7) is 2.25. The number of fused-ring (bicyclic) bond motifs is 1. The van der Waals surface area contributed by atoms with Gasteiger partial charge in [0, 0.05) is 24.5 Å². The Morgan fingerprint density at radius 3 is 2.79 bits per heavy atom. The lowest BCUT2D eigenvalue weighted by atomic mass is 10.2. The molecule has 0 aliphatic heterocycles. The molecule has 0 bridgehead atoms. The third kappa shape index (κ3) is 2.98. The minimum absolute atomic E-state index is 0.0799. The van der Waals surface area contributed by atoms with Crippen molar-refractivity contribution >= 4 is 32.7 Å². The van der Waals surface area contributed by atoms with Gasteiger partial charge in [0.25, 0.3) is 5.91 Å². The van der Waals surface area contributed by atoms with E-state index in [2.05, 4.69) is 20.9 Å². The van der Waals surface area contributed by atoms with Gasteiger partial charge in [-0.2, -0.15) is 0 Å². The Morgan fingerprint density at radius 1 is 1.47 bits per heavy atom. The molecule has 1 aromatic carbocycles. The predicted molar refractivity (Wildman–Crippen MR) is 79.3 cm³/mol. The lowest BCUT2D eigenvalue weighted by Gasteiger charge is -2.17. The third-order valence-corrected chi connectivity index (χ3v) is 3.91. The molecule has 1 amide bonds. The topological polar surface area (TPSA) is 56.3 Å². The van der Waals surface area contributed by atoms with E-state index in [0.717, 1.165) is 15.4 Å². The molecule has 2 rings (SSSR count). The molecule has 2 N–H and O–H groups in total. The molecule has 0 radical (unpaired) electrons. The maximum absolute atomic E-state index is 12.3. The molecular formula is C14H17BrN2O2. The van der Waals surface area contributed by atoms with E-state index in [1.54, 1.807) is 18.9 Å². The van der Waals surface area contributed by atoms with Gasteiger partial charge >= 0.3 is 0 Å². The Balaban J connectivity index is 2.24. The fourth-order valence-corrected chi connectivity index (χ4v) is 2.54. The molecule has 0 aliphatic rings. The molecule has 1 unspecified atom stereocenters. The average molecular weight is 325 g/mol. The van der Waals surface area contributed by atoms with Crippen LogP contribution < -0.4 is 0 Å². The van der Waals surface area contributed by atoms with Crippen LogP contribution in [0.2, 0.25) is 0 Å². The zero-order valence-electron chi connectivity index (χ0n) is 11.0. The maximum atomic E-state index is 12.3. The zero-order chi connectivity index (χ0) is 14.0. The number of aliphatic hydroxyl groups is 1. The highest BCUT2D eigenvalue weighted by Gasteiger charge is 2.19. The Hall–Kier alpha value is -1.33. The van der Waals surface area contributed by atoms with Crippen LogP contribution in [-0.4, -0.2) is 40.6 Å². The number of hydrogen-bond donors (Lipinski definition) is 2. The van der Waals surface area contributed by atoms with Crippen LogP contribution in [0, 0.1) is 0 Å². The van der Waals surface area contributed by atoms with E-state index in [9.17, 15) is 9.90 Å². The van der Waals surface area contributed by atoms with E-state index >= 15 is 0 Å². The molecule has 1 atom stereocenters.